The van der Waals surface area contributed by atoms with E-state index in [0.717, 1.165) is 33.1 Å². The number of amides is 3. The lowest BCUT2D eigenvalue weighted by Gasteiger charge is -2.24. The molecule has 1 heterocycles. The van der Waals surface area contributed by atoms with Gasteiger partial charge in [0, 0.05) is 12.1 Å². The van der Waals surface area contributed by atoms with Crippen molar-refractivity contribution in [3.05, 3.63) is 83.2 Å². The predicted octanol–water partition coefficient (Wildman–Crippen LogP) is 2.09. The van der Waals surface area contributed by atoms with Crippen LogP contribution in [0.2, 0.25) is 0 Å². The van der Waals surface area contributed by atoms with Gasteiger partial charge in [-0.3, -0.25) is 10.1 Å². The molecule has 2 atom stereocenters. The molecule has 3 rings (SSSR count). The lowest BCUT2D eigenvalue weighted by molar-refractivity contribution is -0.916. The fourth-order valence-corrected chi connectivity index (χ4v) is 3.83. The van der Waals surface area contributed by atoms with E-state index >= 15 is 0 Å². The first-order valence-corrected chi connectivity index (χ1v) is 10.5. The van der Waals surface area contributed by atoms with E-state index in [2.05, 4.69) is 10.6 Å². The predicted molar refractivity (Wildman–Crippen MR) is 120 cm³/mol. The molecule has 0 aliphatic carbocycles. The molecule has 31 heavy (non-hydrogen) atoms. The molecule has 7 nitrogen and oxygen atoms in total. The molecule has 3 aromatic rings. The molecule has 1 unspecified atom stereocenters. The van der Waals surface area contributed by atoms with Crippen molar-refractivity contribution >= 4 is 11.9 Å². The van der Waals surface area contributed by atoms with E-state index in [-0.39, 0.29) is 5.91 Å². The number of hydrogen-bond donors (Lipinski definition) is 3. The number of likely N-dealkylation sites (N-methyl/N-ethyl adjacent to an activating group) is 1. The summed E-state index contributed by atoms with van der Waals surface area (Å²) in [6.45, 7) is 6.89. The highest BCUT2D eigenvalue weighted by molar-refractivity contribution is 5.96. The van der Waals surface area contributed by atoms with Gasteiger partial charge < -0.3 is 10.2 Å². The summed E-state index contributed by atoms with van der Waals surface area (Å²) in [5.74, 6) is -0.333. The van der Waals surface area contributed by atoms with Gasteiger partial charge in [-0.2, -0.15) is 5.10 Å². The van der Waals surface area contributed by atoms with Crippen LogP contribution >= 0.6 is 0 Å². The summed E-state index contributed by atoms with van der Waals surface area (Å²) in [4.78, 5) is 26.0. The molecular formula is C24H30N5O2+. The molecule has 0 aliphatic rings. The lowest BCUT2D eigenvalue weighted by atomic mass is 10.0. The Morgan fingerprint density at radius 3 is 2.26 bits per heavy atom. The van der Waals surface area contributed by atoms with Gasteiger partial charge in [-0.05, 0) is 32.9 Å². The average molecular weight is 421 g/mol. The monoisotopic (exact) mass is 420 g/mol. The van der Waals surface area contributed by atoms with Crippen LogP contribution in [0.1, 0.15) is 35.5 Å². The van der Waals surface area contributed by atoms with E-state index in [4.69, 9.17) is 5.10 Å². The number of carbonyl (C=O) groups excluding carboxylic acids is 2. The van der Waals surface area contributed by atoms with Gasteiger partial charge in [0.05, 0.1) is 29.7 Å². The third-order valence-electron chi connectivity index (χ3n) is 5.36. The Bertz CT molecular complexity index is 1030. The van der Waals surface area contributed by atoms with Crippen LogP contribution in [0.5, 0.6) is 0 Å². The quantitative estimate of drug-likeness (QED) is 0.548. The smallest absolute Gasteiger partial charge is 0.321 e. The van der Waals surface area contributed by atoms with Gasteiger partial charge in [-0.15, -0.1) is 0 Å². The third kappa shape index (κ3) is 5.19. The molecule has 3 N–H and O–H groups in total. The number of aryl methyl sites for hydroxylation is 1. The summed E-state index contributed by atoms with van der Waals surface area (Å²) in [7, 11) is 1.97. The maximum atomic E-state index is 13.0. The molecular weight excluding hydrogens is 390 g/mol. The van der Waals surface area contributed by atoms with Gasteiger partial charge in [0.15, 0.2) is 6.04 Å². The molecule has 1 aromatic heterocycles. The van der Waals surface area contributed by atoms with Crippen LogP contribution in [0.3, 0.4) is 0 Å². The van der Waals surface area contributed by atoms with E-state index < -0.39 is 12.1 Å². The largest absolute Gasteiger partial charge is 0.338 e. The number of para-hydroxylation sites is 1. The third-order valence-corrected chi connectivity index (χ3v) is 5.36. The number of rotatable bonds is 7. The maximum Gasteiger partial charge on any atom is 0.321 e. The van der Waals surface area contributed by atoms with Gasteiger partial charge in [0.2, 0.25) is 0 Å². The van der Waals surface area contributed by atoms with E-state index in [9.17, 15) is 9.59 Å². The fourth-order valence-electron chi connectivity index (χ4n) is 3.83. The second kappa shape index (κ2) is 10.0. The van der Waals surface area contributed by atoms with Crippen molar-refractivity contribution < 1.29 is 14.5 Å². The van der Waals surface area contributed by atoms with Gasteiger partial charge in [-0.25, -0.2) is 9.48 Å². The normalized spacial score (nSPS) is 12.8. The zero-order valence-corrected chi connectivity index (χ0v) is 18.5. The Balaban J connectivity index is 1.89. The summed E-state index contributed by atoms with van der Waals surface area (Å²) in [5, 5.41) is 9.82. The highest BCUT2D eigenvalue weighted by atomic mass is 16.2. The highest BCUT2D eigenvalue weighted by Gasteiger charge is 2.31. The molecule has 0 aliphatic heterocycles. The van der Waals surface area contributed by atoms with Crippen LogP contribution in [-0.4, -0.2) is 35.3 Å². The summed E-state index contributed by atoms with van der Waals surface area (Å²) in [6.07, 6.45) is 0. The van der Waals surface area contributed by atoms with Crippen molar-refractivity contribution in [1.29, 1.82) is 0 Å². The van der Waals surface area contributed by atoms with Crippen molar-refractivity contribution in [3.63, 3.8) is 0 Å². The van der Waals surface area contributed by atoms with Gasteiger partial charge in [-0.1, -0.05) is 48.5 Å². The molecule has 7 heteroatoms. The first kappa shape index (κ1) is 22.2. The topological polar surface area (TPSA) is 80.5 Å². The highest BCUT2D eigenvalue weighted by Crippen LogP contribution is 2.18. The van der Waals surface area contributed by atoms with Crippen LogP contribution in [0.25, 0.3) is 5.69 Å². The Morgan fingerprint density at radius 1 is 1.03 bits per heavy atom. The second-order valence-corrected chi connectivity index (χ2v) is 7.61. The zero-order chi connectivity index (χ0) is 22.4. The Morgan fingerprint density at radius 2 is 1.65 bits per heavy atom. The summed E-state index contributed by atoms with van der Waals surface area (Å²) in [5.41, 5.74) is 4.91. The number of quaternary nitrogens is 1. The molecule has 0 fully saturated rings. The van der Waals surface area contributed by atoms with Crippen molar-refractivity contribution in [1.82, 2.24) is 20.4 Å². The van der Waals surface area contributed by atoms with Crippen LogP contribution in [0.4, 0.5) is 4.79 Å². The minimum atomic E-state index is -0.539. The molecule has 2 aromatic carbocycles. The Labute approximate surface area is 183 Å². The number of imide groups is 1. The van der Waals surface area contributed by atoms with E-state index in [1.807, 2.05) is 93.2 Å². The summed E-state index contributed by atoms with van der Waals surface area (Å²) in [6, 6.07) is 18.5. The molecule has 162 valence electrons. The van der Waals surface area contributed by atoms with Crippen LogP contribution in [-0.2, 0) is 11.3 Å². The van der Waals surface area contributed by atoms with Crippen molar-refractivity contribution in [3.8, 4) is 5.69 Å². The van der Waals surface area contributed by atoms with Crippen LogP contribution in [0.15, 0.2) is 60.7 Å². The van der Waals surface area contributed by atoms with Crippen molar-refractivity contribution in [2.75, 3.05) is 13.6 Å². The molecule has 0 saturated carbocycles. The average Bonchev–Trinajstić information content (AvgIpc) is 3.03. The van der Waals surface area contributed by atoms with Crippen molar-refractivity contribution in [2.24, 2.45) is 0 Å². The number of nitrogens with zero attached hydrogens (tertiary/aromatic N) is 2. The number of carbonyl (C=O) groups is 2. The fraction of sp³-hybridized carbons (Fsp3) is 0.292. The van der Waals surface area contributed by atoms with Crippen molar-refractivity contribution in [2.45, 2.75) is 33.4 Å². The van der Waals surface area contributed by atoms with Gasteiger partial charge >= 0.3 is 6.03 Å². The number of urea groups is 1. The number of hydrogen-bond acceptors (Lipinski definition) is 3. The zero-order valence-electron chi connectivity index (χ0n) is 18.5. The van der Waals surface area contributed by atoms with E-state index in [0.29, 0.717) is 13.1 Å². The molecule has 0 saturated heterocycles. The number of benzene rings is 2. The lowest BCUT2D eigenvalue weighted by Crippen LogP contribution is -3.09. The van der Waals surface area contributed by atoms with E-state index in [1.165, 1.54) is 0 Å². The van der Waals surface area contributed by atoms with Gasteiger partial charge in [0.25, 0.3) is 5.91 Å². The van der Waals surface area contributed by atoms with E-state index in [1.54, 1.807) is 0 Å². The summed E-state index contributed by atoms with van der Waals surface area (Å²) >= 11 is 0. The first-order valence-electron chi connectivity index (χ1n) is 10.5. The van der Waals surface area contributed by atoms with Gasteiger partial charge in [0.1, 0.15) is 6.54 Å². The standard InChI is InChI=1S/C24H29N5O2/c1-5-25-24(31)26-23(30)22(19-12-8-6-9-13-19)28(4)16-21-17(2)27-29(18(21)3)20-14-10-7-11-15-20/h6-15,22H,5,16H2,1-4H3,(H2,25,26,30,31)/p+1/t22-/m1/s1. The number of aromatic nitrogens is 2. The van der Waals surface area contributed by atoms with Crippen LogP contribution in [0, 0.1) is 13.8 Å². The molecule has 0 spiro atoms. The minimum absolute atomic E-state index is 0.333. The number of nitrogens with one attached hydrogen (secondary N) is 3. The SMILES string of the molecule is CCNC(=O)NC(=O)[C@@H](c1ccccc1)[NH+](C)Cc1c(C)nn(-c2ccccc2)c1C. The molecule has 3 amide bonds. The summed E-state index contributed by atoms with van der Waals surface area (Å²) < 4.78 is 1.93. The second-order valence-electron chi connectivity index (χ2n) is 7.61. The first-order chi connectivity index (χ1) is 14.9. The minimum Gasteiger partial charge on any atom is -0.338 e. The molecule has 0 bridgehead atoms. The van der Waals surface area contributed by atoms with Crippen LogP contribution < -0.4 is 15.5 Å². The maximum absolute atomic E-state index is 13.0. The molecule has 0 radical (unpaired) electrons. The Kier molecular flexibility index (Phi) is 7.20. The Hall–Kier alpha value is -3.45.